The van der Waals surface area contributed by atoms with Gasteiger partial charge in [-0.1, -0.05) is 11.6 Å². The predicted molar refractivity (Wildman–Crippen MR) is 89.9 cm³/mol. The Labute approximate surface area is 135 Å². The fourth-order valence-corrected chi connectivity index (χ4v) is 3.18. The second kappa shape index (κ2) is 6.31. The lowest BCUT2D eigenvalue weighted by Crippen LogP contribution is -2.41. The van der Waals surface area contributed by atoms with E-state index in [1.165, 1.54) is 0 Å². The number of fused-ring (bicyclic) bond motifs is 1. The van der Waals surface area contributed by atoms with Gasteiger partial charge in [-0.2, -0.15) is 0 Å². The van der Waals surface area contributed by atoms with Crippen LogP contribution < -0.4 is 10.3 Å². The van der Waals surface area contributed by atoms with Crippen molar-refractivity contribution in [1.82, 2.24) is 9.88 Å². The number of piperidine rings is 1. The molecule has 118 valence electrons. The lowest BCUT2D eigenvalue weighted by molar-refractivity contribution is 0.0845. The van der Waals surface area contributed by atoms with Crippen molar-refractivity contribution in [2.45, 2.75) is 38.8 Å². The van der Waals surface area contributed by atoms with Gasteiger partial charge in [0, 0.05) is 30.7 Å². The standard InChI is InChI=1S/C17H21ClN2O2/c1-11(2)20-7-4-13(5-8-20)22-16-9-12-3-6-19-17(21)14(12)10-15(16)18/h3,6,9-11,13H,4-5,7-8H2,1-2H3,(H,19,21). The van der Waals surface area contributed by atoms with Crippen molar-refractivity contribution < 1.29 is 4.74 Å². The maximum atomic E-state index is 11.8. The predicted octanol–water partition coefficient (Wildman–Crippen LogP) is 3.43. The zero-order valence-corrected chi connectivity index (χ0v) is 13.7. The van der Waals surface area contributed by atoms with Crippen molar-refractivity contribution in [2.75, 3.05) is 13.1 Å². The average Bonchev–Trinajstić information content (AvgIpc) is 2.50. The number of nitrogens with one attached hydrogen (secondary N) is 1. The Morgan fingerprint density at radius 1 is 1.32 bits per heavy atom. The maximum Gasteiger partial charge on any atom is 0.255 e. The molecule has 0 amide bonds. The molecular formula is C17H21ClN2O2. The topological polar surface area (TPSA) is 45.3 Å². The molecule has 0 aliphatic carbocycles. The van der Waals surface area contributed by atoms with Gasteiger partial charge in [-0.15, -0.1) is 0 Å². The Bertz CT molecular complexity index is 718. The average molecular weight is 321 g/mol. The first-order valence-corrected chi connectivity index (χ1v) is 8.14. The number of likely N-dealkylation sites (tertiary alicyclic amines) is 1. The van der Waals surface area contributed by atoms with Crippen LogP contribution in [0.15, 0.2) is 29.2 Å². The van der Waals surface area contributed by atoms with Crippen LogP contribution in [0, 0.1) is 0 Å². The van der Waals surface area contributed by atoms with Crippen LogP contribution in [0.3, 0.4) is 0 Å². The zero-order valence-electron chi connectivity index (χ0n) is 12.9. The summed E-state index contributed by atoms with van der Waals surface area (Å²) in [6, 6.07) is 5.99. The van der Waals surface area contributed by atoms with E-state index in [-0.39, 0.29) is 11.7 Å². The van der Waals surface area contributed by atoms with Crippen molar-refractivity contribution in [3.8, 4) is 5.75 Å². The van der Waals surface area contributed by atoms with Crippen molar-refractivity contribution >= 4 is 22.4 Å². The van der Waals surface area contributed by atoms with E-state index < -0.39 is 0 Å². The van der Waals surface area contributed by atoms with Gasteiger partial charge >= 0.3 is 0 Å². The highest BCUT2D eigenvalue weighted by molar-refractivity contribution is 6.32. The number of nitrogens with zero attached hydrogens (tertiary/aromatic N) is 1. The Morgan fingerprint density at radius 2 is 2.05 bits per heavy atom. The second-order valence-electron chi connectivity index (χ2n) is 6.12. The van der Waals surface area contributed by atoms with E-state index in [9.17, 15) is 4.79 Å². The second-order valence-corrected chi connectivity index (χ2v) is 6.53. The van der Waals surface area contributed by atoms with Crippen LogP contribution in [0.25, 0.3) is 10.8 Å². The molecule has 1 aliphatic rings. The molecule has 3 rings (SSSR count). The zero-order chi connectivity index (χ0) is 15.7. The summed E-state index contributed by atoms with van der Waals surface area (Å²) in [4.78, 5) is 16.9. The van der Waals surface area contributed by atoms with Gasteiger partial charge in [0.2, 0.25) is 0 Å². The lowest BCUT2D eigenvalue weighted by atomic mass is 10.1. The first-order valence-electron chi connectivity index (χ1n) is 7.76. The molecule has 1 aliphatic heterocycles. The van der Waals surface area contributed by atoms with Crippen LogP contribution >= 0.6 is 11.6 Å². The van der Waals surface area contributed by atoms with Gasteiger partial charge in [0.05, 0.1) is 5.02 Å². The fraction of sp³-hybridized carbons (Fsp3) is 0.471. The van der Waals surface area contributed by atoms with Gasteiger partial charge in [-0.05, 0) is 50.3 Å². The minimum Gasteiger partial charge on any atom is -0.489 e. The van der Waals surface area contributed by atoms with Gasteiger partial charge in [0.1, 0.15) is 11.9 Å². The Kier molecular flexibility index (Phi) is 4.41. The highest BCUT2D eigenvalue weighted by Crippen LogP contribution is 2.31. The molecule has 2 aromatic rings. The summed E-state index contributed by atoms with van der Waals surface area (Å²) in [5, 5.41) is 1.94. The van der Waals surface area contributed by atoms with Gasteiger partial charge < -0.3 is 14.6 Å². The number of halogens is 1. The number of aromatic nitrogens is 1. The van der Waals surface area contributed by atoms with Gasteiger partial charge in [0.25, 0.3) is 5.56 Å². The van der Waals surface area contributed by atoms with E-state index in [1.807, 2.05) is 12.1 Å². The van der Waals surface area contributed by atoms with Gasteiger partial charge in [-0.3, -0.25) is 4.79 Å². The summed E-state index contributed by atoms with van der Waals surface area (Å²) in [7, 11) is 0. The molecule has 4 nitrogen and oxygen atoms in total. The molecule has 22 heavy (non-hydrogen) atoms. The summed E-state index contributed by atoms with van der Waals surface area (Å²) in [5.41, 5.74) is -0.129. The molecule has 0 radical (unpaired) electrons. The fourth-order valence-electron chi connectivity index (χ4n) is 2.97. The van der Waals surface area contributed by atoms with E-state index in [1.54, 1.807) is 12.3 Å². The summed E-state index contributed by atoms with van der Waals surface area (Å²) >= 11 is 6.29. The molecule has 0 saturated carbocycles. The van der Waals surface area contributed by atoms with Gasteiger partial charge in [0.15, 0.2) is 0 Å². The summed E-state index contributed by atoms with van der Waals surface area (Å²) in [5.74, 6) is 0.669. The van der Waals surface area contributed by atoms with E-state index in [2.05, 4.69) is 23.7 Å². The largest absolute Gasteiger partial charge is 0.489 e. The first kappa shape index (κ1) is 15.4. The monoisotopic (exact) mass is 320 g/mol. The number of aromatic amines is 1. The van der Waals surface area contributed by atoms with Crippen LogP contribution in [-0.2, 0) is 0 Å². The van der Waals surface area contributed by atoms with Crippen molar-refractivity contribution in [1.29, 1.82) is 0 Å². The Morgan fingerprint density at radius 3 is 2.73 bits per heavy atom. The SMILES string of the molecule is CC(C)N1CCC(Oc2cc3cc[nH]c(=O)c3cc2Cl)CC1. The molecular weight excluding hydrogens is 300 g/mol. The third kappa shape index (κ3) is 3.13. The first-order chi connectivity index (χ1) is 10.5. The minimum absolute atomic E-state index is 0.129. The number of H-pyrrole nitrogens is 1. The molecule has 1 fully saturated rings. The van der Waals surface area contributed by atoms with Crippen LogP contribution in [-0.4, -0.2) is 35.1 Å². The third-order valence-corrected chi connectivity index (χ3v) is 4.62. The highest BCUT2D eigenvalue weighted by Gasteiger charge is 2.22. The van der Waals surface area contributed by atoms with Crippen LogP contribution in [0.2, 0.25) is 5.02 Å². The molecule has 2 heterocycles. The number of benzene rings is 1. The van der Waals surface area contributed by atoms with Crippen LogP contribution in [0.5, 0.6) is 5.75 Å². The smallest absolute Gasteiger partial charge is 0.255 e. The van der Waals surface area contributed by atoms with E-state index in [4.69, 9.17) is 16.3 Å². The molecule has 5 heteroatoms. The minimum atomic E-state index is -0.129. The Balaban J connectivity index is 1.77. The summed E-state index contributed by atoms with van der Waals surface area (Å²) in [6.07, 6.45) is 3.83. The molecule has 1 saturated heterocycles. The number of hydrogen-bond donors (Lipinski definition) is 1. The van der Waals surface area contributed by atoms with Crippen molar-refractivity contribution in [3.05, 3.63) is 39.8 Å². The van der Waals surface area contributed by atoms with E-state index >= 15 is 0 Å². The maximum absolute atomic E-state index is 11.8. The normalized spacial score (nSPS) is 17.3. The van der Waals surface area contributed by atoms with Crippen LogP contribution in [0.4, 0.5) is 0 Å². The Hall–Kier alpha value is -1.52. The van der Waals surface area contributed by atoms with Crippen molar-refractivity contribution in [2.24, 2.45) is 0 Å². The highest BCUT2D eigenvalue weighted by atomic mass is 35.5. The van der Waals surface area contributed by atoms with Crippen molar-refractivity contribution in [3.63, 3.8) is 0 Å². The lowest BCUT2D eigenvalue weighted by Gasteiger charge is -2.34. The molecule has 0 bridgehead atoms. The van der Waals surface area contributed by atoms with Gasteiger partial charge in [-0.25, -0.2) is 0 Å². The number of pyridine rings is 1. The molecule has 1 aromatic carbocycles. The number of rotatable bonds is 3. The van der Waals surface area contributed by atoms with Crippen LogP contribution in [0.1, 0.15) is 26.7 Å². The summed E-state index contributed by atoms with van der Waals surface area (Å²) < 4.78 is 6.09. The van der Waals surface area contributed by atoms with E-state index in [0.717, 1.165) is 31.3 Å². The molecule has 0 unspecified atom stereocenters. The van der Waals surface area contributed by atoms with E-state index in [0.29, 0.717) is 22.2 Å². The molecule has 0 spiro atoms. The number of hydrogen-bond acceptors (Lipinski definition) is 3. The molecule has 1 N–H and O–H groups in total. The molecule has 0 atom stereocenters. The number of ether oxygens (including phenoxy) is 1. The molecule has 1 aromatic heterocycles. The third-order valence-electron chi connectivity index (χ3n) is 4.33. The quantitative estimate of drug-likeness (QED) is 0.942. The summed E-state index contributed by atoms with van der Waals surface area (Å²) in [6.45, 7) is 6.54.